The van der Waals surface area contributed by atoms with Crippen LogP contribution in [0.2, 0.25) is 5.02 Å². The second kappa shape index (κ2) is 13.0. The lowest BCUT2D eigenvalue weighted by molar-refractivity contribution is -0.135. The van der Waals surface area contributed by atoms with E-state index in [0.717, 1.165) is 31.2 Å². The summed E-state index contributed by atoms with van der Waals surface area (Å²) in [6, 6.07) is 6.54. The van der Waals surface area contributed by atoms with Gasteiger partial charge in [-0.25, -0.2) is 4.98 Å². The number of likely N-dealkylation sites (tertiary alicyclic amines) is 1. The minimum atomic E-state index is -0.724. The van der Waals surface area contributed by atoms with Crippen LogP contribution in [0.1, 0.15) is 61.0 Å². The van der Waals surface area contributed by atoms with E-state index in [9.17, 15) is 14.4 Å². The van der Waals surface area contributed by atoms with Crippen LogP contribution in [-0.2, 0) is 16.0 Å². The van der Waals surface area contributed by atoms with Crippen LogP contribution >= 0.6 is 11.6 Å². The van der Waals surface area contributed by atoms with E-state index in [1.807, 2.05) is 17.0 Å². The van der Waals surface area contributed by atoms with E-state index in [4.69, 9.17) is 17.3 Å². The van der Waals surface area contributed by atoms with Crippen LogP contribution < -0.4 is 11.1 Å². The van der Waals surface area contributed by atoms with Gasteiger partial charge in [0, 0.05) is 55.9 Å². The molecule has 2 fully saturated rings. The van der Waals surface area contributed by atoms with Crippen molar-refractivity contribution in [2.45, 2.75) is 69.5 Å². The number of aromatic nitrogens is 2. The molecule has 3 amide bonds. The molecule has 0 bridgehead atoms. The molecule has 2 atom stereocenters. The molecule has 1 aromatic carbocycles. The van der Waals surface area contributed by atoms with Crippen molar-refractivity contribution in [1.82, 2.24) is 25.1 Å². The number of rotatable bonds is 9. The lowest BCUT2D eigenvalue weighted by Crippen LogP contribution is -2.52. The van der Waals surface area contributed by atoms with Gasteiger partial charge in [-0.2, -0.15) is 0 Å². The molecular formula is C27H35ClN6O3. The quantitative estimate of drug-likeness (QED) is 0.518. The van der Waals surface area contributed by atoms with Crippen molar-refractivity contribution < 1.29 is 14.4 Å². The van der Waals surface area contributed by atoms with Crippen LogP contribution in [0.25, 0.3) is 0 Å². The third-order valence-corrected chi connectivity index (χ3v) is 7.46. The van der Waals surface area contributed by atoms with Crippen LogP contribution in [0.5, 0.6) is 0 Å². The van der Waals surface area contributed by atoms with Crippen LogP contribution in [0.3, 0.4) is 0 Å². The van der Waals surface area contributed by atoms with Crippen molar-refractivity contribution in [2.24, 2.45) is 5.73 Å². The standard InChI is InChI=1S/C27H35ClN6O3/c28-20-8-6-19(7-9-20)16-23(32-25(35)10-12-29)26(36)33-15-11-22(18-33)34(21-4-2-1-3-5-21)27(37)24-17-30-13-14-31-24/h6-9,13-14,17,21-23H,1-5,10-12,15-16,18,29H2,(H,32,35). The molecule has 1 saturated carbocycles. The summed E-state index contributed by atoms with van der Waals surface area (Å²) >= 11 is 6.02. The number of halogens is 1. The van der Waals surface area contributed by atoms with Crippen molar-refractivity contribution >= 4 is 29.3 Å². The number of amides is 3. The van der Waals surface area contributed by atoms with E-state index in [2.05, 4.69) is 15.3 Å². The zero-order valence-corrected chi connectivity index (χ0v) is 21.8. The molecule has 2 aliphatic rings. The smallest absolute Gasteiger partial charge is 0.274 e. The number of nitrogens with one attached hydrogen (secondary N) is 1. The summed E-state index contributed by atoms with van der Waals surface area (Å²) < 4.78 is 0. The maximum Gasteiger partial charge on any atom is 0.274 e. The van der Waals surface area contributed by atoms with Gasteiger partial charge in [-0.1, -0.05) is 43.0 Å². The molecule has 3 N–H and O–H groups in total. The van der Waals surface area contributed by atoms with E-state index in [1.165, 1.54) is 18.8 Å². The largest absolute Gasteiger partial charge is 0.344 e. The molecule has 1 saturated heterocycles. The van der Waals surface area contributed by atoms with Crippen molar-refractivity contribution in [2.75, 3.05) is 19.6 Å². The highest BCUT2D eigenvalue weighted by Gasteiger charge is 2.39. The first-order valence-electron chi connectivity index (χ1n) is 13.1. The number of nitrogens with two attached hydrogens (primary N) is 1. The molecule has 10 heteroatoms. The summed E-state index contributed by atoms with van der Waals surface area (Å²) in [5.41, 5.74) is 6.78. The summed E-state index contributed by atoms with van der Waals surface area (Å²) in [5, 5.41) is 3.48. The first-order chi connectivity index (χ1) is 18.0. The molecule has 1 aromatic heterocycles. The van der Waals surface area contributed by atoms with Gasteiger partial charge in [-0.3, -0.25) is 19.4 Å². The highest BCUT2D eigenvalue weighted by atomic mass is 35.5. The maximum atomic E-state index is 13.7. The number of nitrogens with zero attached hydrogens (tertiary/aromatic N) is 4. The lowest BCUT2D eigenvalue weighted by Gasteiger charge is -2.38. The Labute approximate surface area is 222 Å². The monoisotopic (exact) mass is 526 g/mol. The first kappa shape index (κ1) is 27.0. The van der Waals surface area contributed by atoms with Crippen LogP contribution in [0, 0.1) is 0 Å². The fourth-order valence-corrected chi connectivity index (χ4v) is 5.50. The second-order valence-corrected chi connectivity index (χ2v) is 10.2. The Hall–Kier alpha value is -3.04. The predicted octanol–water partition coefficient (Wildman–Crippen LogP) is 2.58. The molecule has 198 valence electrons. The average Bonchev–Trinajstić information content (AvgIpc) is 3.40. The Kier molecular flexibility index (Phi) is 9.46. The van der Waals surface area contributed by atoms with Gasteiger partial charge in [0.1, 0.15) is 11.7 Å². The van der Waals surface area contributed by atoms with E-state index in [0.29, 0.717) is 36.6 Å². The molecule has 1 aliphatic heterocycles. The highest BCUT2D eigenvalue weighted by molar-refractivity contribution is 6.30. The van der Waals surface area contributed by atoms with Gasteiger partial charge in [-0.15, -0.1) is 0 Å². The van der Waals surface area contributed by atoms with Gasteiger partial charge in [0.25, 0.3) is 5.91 Å². The summed E-state index contributed by atoms with van der Waals surface area (Å²) in [6.07, 6.45) is 11.0. The third kappa shape index (κ3) is 7.05. The Morgan fingerprint density at radius 3 is 2.51 bits per heavy atom. The Morgan fingerprint density at radius 2 is 1.84 bits per heavy atom. The average molecular weight is 527 g/mol. The van der Waals surface area contributed by atoms with Crippen molar-refractivity contribution in [3.05, 3.63) is 59.1 Å². The minimum Gasteiger partial charge on any atom is -0.344 e. The van der Waals surface area contributed by atoms with Crippen LogP contribution in [0.15, 0.2) is 42.9 Å². The number of carbonyl (C=O) groups is 3. The SMILES string of the molecule is NCCC(=O)NC(Cc1ccc(Cl)cc1)C(=O)N1CCC(N(C(=O)c2cnccn2)C2CCCCC2)C1. The van der Waals surface area contributed by atoms with Crippen molar-refractivity contribution in [3.63, 3.8) is 0 Å². The van der Waals surface area contributed by atoms with Crippen molar-refractivity contribution in [3.8, 4) is 0 Å². The summed E-state index contributed by atoms with van der Waals surface area (Å²) in [6.45, 7) is 1.15. The molecule has 9 nitrogen and oxygen atoms in total. The number of hydrogen-bond acceptors (Lipinski definition) is 6. The molecular weight excluding hydrogens is 492 g/mol. The summed E-state index contributed by atoms with van der Waals surface area (Å²) in [5.74, 6) is -0.543. The zero-order chi connectivity index (χ0) is 26.2. The molecule has 0 radical (unpaired) electrons. The fraction of sp³-hybridized carbons (Fsp3) is 0.519. The Balaban J connectivity index is 1.51. The molecule has 0 spiro atoms. The van der Waals surface area contributed by atoms with E-state index >= 15 is 0 Å². The van der Waals surface area contributed by atoms with Gasteiger partial charge in [0.05, 0.1) is 12.2 Å². The lowest BCUT2D eigenvalue weighted by atomic mass is 9.92. The zero-order valence-electron chi connectivity index (χ0n) is 21.0. The second-order valence-electron chi connectivity index (χ2n) is 9.81. The minimum absolute atomic E-state index is 0.113. The Morgan fingerprint density at radius 1 is 1.08 bits per heavy atom. The predicted molar refractivity (Wildman–Crippen MR) is 141 cm³/mol. The molecule has 4 rings (SSSR count). The number of carbonyl (C=O) groups excluding carboxylic acids is 3. The summed E-state index contributed by atoms with van der Waals surface area (Å²) in [7, 11) is 0. The highest BCUT2D eigenvalue weighted by Crippen LogP contribution is 2.29. The fourth-order valence-electron chi connectivity index (χ4n) is 5.37. The third-order valence-electron chi connectivity index (χ3n) is 7.21. The van der Waals surface area contributed by atoms with E-state index in [-0.39, 0.29) is 42.8 Å². The molecule has 2 aromatic rings. The van der Waals surface area contributed by atoms with Crippen LogP contribution in [-0.4, -0.2) is 75.2 Å². The van der Waals surface area contributed by atoms with E-state index < -0.39 is 6.04 Å². The van der Waals surface area contributed by atoms with Gasteiger partial charge in [0.2, 0.25) is 11.8 Å². The summed E-state index contributed by atoms with van der Waals surface area (Å²) in [4.78, 5) is 51.7. The van der Waals surface area contributed by atoms with Gasteiger partial charge < -0.3 is 20.9 Å². The van der Waals surface area contributed by atoms with Crippen LogP contribution in [0.4, 0.5) is 0 Å². The number of hydrogen-bond donors (Lipinski definition) is 2. The molecule has 2 heterocycles. The molecule has 1 aliphatic carbocycles. The number of benzene rings is 1. The normalized spacial score (nSPS) is 18.9. The van der Waals surface area contributed by atoms with Gasteiger partial charge in [-0.05, 0) is 37.0 Å². The topological polar surface area (TPSA) is 122 Å². The van der Waals surface area contributed by atoms with Gasteiger partial charge >= 0.3 is 0 Å². The van der Waals surface area contributed by atoms with Gasteiger partial charge in [0.15, 0.2) is 0 Å². The van der Waals surface area contributed by atoms with Crippen molar-refractivity contribution in [1.29, 1.82) is 0 Å². The van der Waals surface area contributed by atoms with E-state index in [1.54, 1.807) is 23.2 Å². The Bertz CT molecular complexity index is 1060. The first-order valence-corrected chi connectivity index (χ1v) is 13.5. The molecule has 2 unspecified atom stereocenters. The molecule has 37 heavy (non-hydrogen) atoms. The maximum absolute atomic E-state index is 13.7.